The lowest BCUT2D eigenvalue weighted by Gasteiger charge is -2.21. The van der Waals surface area contributed by atoms with E-state index in [1.165, 1.54) is 0 Å². The number of aromatic amines is 1. The van der Waals surface area contributed by atoms with Gasteiger partial charge in [0, 0.05) is 12.5 Å². The summed E-state index contributed by atoms with van der Waals surface area (Å²) in [5.41, 5.74) is -0.0824. The highest BCUT2D eigenvalue weighted by Gasteiger charge is 2.20. The van der Waals surface area contributed by atoms with Crippen LogP contribution >= 0.6 is 12.4 Å². The van der Waals surface area contributed by atoms with E-state index in [0.29, 0.717) is 12.5 Å². The first-order chi connectivity index (χ1) is 6.83. The Kier molecular flexibility index (Phi) is 4.35. The van der Waals surface area contributed by atoms with Crippen molar-refractivity contribution in [1.29, 1.82) is 0 Å². The minimum Gasteiger partial charge on any atom is -0.317 e. The van der Waals surface area contributed by atoms with E-state index < -0.39 is 0 Å². The number of piperidine rings is 1. The number of hydrogen-bond donors (Lipinski definition) is 2. The molecule has 2 N–H and O–H groups in total. The largest absolute Gasteiger partial charge is 0.343 e. The van der Waals surface area contributed by atoms with E-state index in [1.807, 2.05) is 6.92 Å². The van der Waals surface area contributed by atoms with Gasteiger partial charge < -0.3 is 5.32 Å². The van der Waals surface area contributed by atoms with E-state index in [0.717, 1.165) is 31.8 Å². The van der Waals surface area contributed by atoms with Gasteiger partial charge in [-0.15, -0.1) is 12.4 Å². The third-order valence-electron chi connectivity index (χ3n) is 2.81. The van der Waals surface area contributed by atoms with E-state index >= 15 is 0 Å². The topological polar surface area (TPSA) is 62.7 Å². The van der Waals surface area contributed by atoms with Crippen molar-refractivity contribution in [1.82, 2.24) is 20.1 Å². The number of nitrogens with one attached hydrogen (secondary N) is 2. The van der Waals surface area contributed by atoms with Gasteiger partial charge in [0.25, 0.3) is 0 Å². The third kappa shape index (κ3) is 2.41. The van der Waals surface area contributed by atoms with Crippen molar-refractivity contribution in [2.24, 2.45) is 0 Å². The maximum absolute atomic E-state index is 11.3. The Morgan fingerprint density at radius 1 is 1.47 bits per heavy atom. The van der Waals surface area contributed by atoms with Crippen molar-refractivity contribution in [2.75, 3.05) is 13.1 Å². The Balaban J connectivity index is 0.00000112. The van der Waals surface area contributed by atoms with E-state index in [1.54, 1.807) is 4.57 Å². The van der Waals surface area contributed by atoms with Gasteiger partial charge >= 0.3 is 5.69 Å². The Morgan fingerprint density at radius 3 is 2.73 bits per heavy atom. The highest BCUT2D eigenvalue weighted by Crippen LogP contribution is 2.21. The van der Waals surface area contributed by atoms with Crippen LogP contribution in [0.4, 0.5) is 0 Å². The van der Waals surface area contributed by atoms with Crippen LogP contribution in [0, 0.1) is 0 Å². The van der Waals surface area contributed by atoms with Crippen molar-refractivity contribution < 1.29 is 0 Å². The van der Waals surface area contributed by atoms with Gasteiger partial charge in [0.15, 0.2) is 0 Å². The zero-order valence-corrected chi connectivity index (χ0v) is 9.64. The number of halogens is 1. The molecule has 0 aromatic carbocycles. The molecule has 5 nitrogen and oxygen atoms in total. The molecule has 15 heavy (non-hydrogen) atoms. The maximum Gasteiger partial charge on any atom is 0.343 e. The highest BCUT2D eigenvalue weighted by atomic mass is 35.5. The molecule has 1 saturated heterocycles. The van der Waals surface area contributed by atoms with Crippen LogP contribution in [0.25, 0.3) is 0 Å². The molecule has 6 heteroatoms. The van der Waals surface area contributed by atoms with Crippen LogP contribution in [0.1, 0.15) is 31.5 Å². The summed E-state index contributed by atoms with van der Waals surface area (Å²) < 4.78 is 1.73. The van der Waals surface area contributed by atoms with Gasteiger partial charge in [0.05, 0.1) is 0 Å². The molecule has 0 saturated carbocycles. The second-order valence-corrected chi connectivity index (χ2v) is 3.66. The van der Waals surface area contributed by atoms with Crippen LogP contribution in [0.5, 0.6) is 0 Å². The summed E-state index contributed by atoms with van der Waals surface area (Å²) in [7, 11) is 0. The molecule has 2 heterocycles. The van der Waals surface area contributed by atoms with Crippen LogP contribution in [0.2, 0.25) is 0 Å². The van der Waals surface area contributed by atoms with Gasteiger partial charge in [-0.2, -0.15) is 5.10 Å². The third-order valence-corrected chi connectivity index (χ3v) is 2.81. The summed E-state index contributed by atoms with van der Waals surface area (Å²) in [4.78, 5) is 11.3. The fourth-order valence-electron chi connectivity index (χ4n) is 2.03. The molecule has 1 aliphatic rings. The summed E-state index contributed by atoms with van der Waals surface area (Å²) in [5.74, 6) is 1.37. The van der Waals surface area contributed by atoms with E-state index in [4.69, 9.17) is 0 Å². The predicted octanol–water partition coefficient (Wildman–Crippen LogP) is 0.480. The molecule has 0 spiro atoms. The second-order valence-electron chi connectivity index (χ2n) is 3.66. The SMILES string of the molecule is CCn1c(C2CCNCC2)n[nH]c1=O.Cl. The molecule has 1 aromatic rings. The summed E-state index contributed by atoms with van der Waals surface area (Å²) >= 11 is 0. The van der Waals surface area contributed by atoms with Crippen molar-refractivity contribution in [3.05, 3.63) is 16.3 Å². The first-order valence-corrected chi connectivity index (χ1v) is 5.18. The molecular weight excluding hydrogens is 216 g/mol. The fraction of sp³-hybridized carbons (Fsp3) is 0.778. The van der Waals surface area contributed by atoms with Crippen molar-refractivity contribution in [3.8, 4) is 0 Å². The van der Waals surface area contributed by atoms with Crippen LogP contribution in [0.3, 0.4) is 0 Å². The van der Waals surface area contributed by atoms with Gasteiger partial charge in [-0.05, 0) is 32.9 Å². The fourth-order valence-corrected chi connectivity index (χ4v) is 2.03. The minimum absolute atomic E-state index is 0. The molecule has 0 unspecified atom stereocenters. The van der Waals surface area contributed by atoms with Gasteiger partial charge in [-0.3, -0.25) is 4.57 Å². The highest BCUT2D eigenvalue weighted by molar-refractivity contribution is 5.85. The molecule has 1 aromatic heterocycles. The standard InChI is InChI=1S/C9H16N4O.ClH/c1-2-13-8(11-12-9(13)14)7-3-5-10-6-4-7;/h7,10H,2-6H2,1H3,(H,12,14);1H. The zero-order valence-electron chi connectivity index (χ0n) is 8.82. The van der Waals surface area contributed by atoms with Crippen LogP contribution in [0.15, 0.2) is 4.79 Å². The molecule has 0 radical (unpaired) electrons. The Morgan fingerprint density at radius 2 is 2.13 bits per heavy atom. The normalized spacial score (nSPS) is 17.4. The lowest BCUT2D eigenvalue weighted by molar-refractivity contribution is 0.430. The lowest BCUT2D eigenvalue weighted by atomic mass is 9.97. The minimum atomic E-state index is -0.0824. The van der Waals surface area contributed by atoms with Crippen LogP contribution < -0.4 is 11.0 Å². The molecule has 0 amide bonds. The zero-order chi connectivity index (χ0) is 9.97. The van der Waals surface area contributed by atoms with E-state index in [2.05, 4.69) is 15.5 Å². The van der Waals surface area contributed by atoms with Gasteiger partial charge in [-0.1, -0.05) is 0 Å². The smallest absolute Gasteiger partial charge is 0.317 e. The Bertz CT molecular complexity index is 353. The summed E-state index contributed by atoms with van der Waals surface area (Å²) in [6.45, 7) is 4.72. The molecule has 0 atom stereocenters. The Hall–Kier alpha value is -0.810. The van der Waals surface area contributed by atoms with Crippen LogP contribution in [-0.2, 0) is 6.54 Å². The number of rotatable bonds is 2. The quantitative estimate of drug-likeness (QED) is 0.780. The molecule has 1 fully saturated rings. The lowest BCUT2D eigenvalue weighted by Crippen LogP contribution is -2.29. The monoisotopic (exact) mass is 232 g/mol. The maximum atomic E-state index is 11.3. The molecule has 0 bridgehead atoms. The van der Waals surface area contributed by atoms with Crippen LogP contribution in [-0.4, -0.2) is 27.9 Å². The average Bonchev–Trinajstić information content (AvgIpc) is 2.61. The van der Waals surface area contributed by atoms with Gasteiger partial charge in [0.1, 0.15) is 5.82 Å². The first kappa shape index (κ1) is 12.3. The first-order valence-electron chi connectivity index (χ1n) is 5.18. The number of aromatic nitrogens is 3. The molecule has 2 rings (SSSR count). The molecule has 1 aliphatic heterocycles. The predicted molar refractivity (Wildman–Crippen MR) is 60.6 cm³/mol. The van der Waals surface area contributed by atoms with E-state index in [-0.39, 0.29) is 18.1 Å². The number of hydrogen-bond acceptors (Lipinski definition) is 3. The molecule has 86 valence electrons. The van der Waals surface area contributed by atoms with Gasteiger partial charge in [-0.25, -0.2) is 9.89 Å². The van der Waals surface area contributed by atoms with Crippen molar-refractivity contribution >= 4 is 12.4 Å². The number of H-pyrrole nitrogens is 1. The van der Waals surface area contributed by atoms with E-state index in [9.17, 15) is 4.79 Å². The molecular formula is C9H17ClN4O. The Labute approximate surface area is 94.7 Å². The number of nitrogens with zero attached hydrogens (tertiary/aromatic N) is 2. The van der Waals surface area contributed by atoms with Crippen molar-refractivity contribution in [3.63, 3.8) is 0 Å². The summed E-state index contributed by atoms with van der Waals surface area (Å²) in [5, 5.41) is 9.93. The summed E-state index contributed by atoms with van der Waals surface area (Å²) in [6.07, 6.45) is 2.15. The molecule has 0 aliphatic carbocycles. The summed E-state index contributed by atoms with van der Waals surface area (Å²) in [6, 6.07) is 0. The average molecular weight is 233 g/mol. The second kappa shape index (κ2) is 5.32. The van der Waals surface area contributed by atoms with Crippen molar-refractivity contribution in [2.45, 2.75) is 32.2 Å². The van der Waals surface area contributed by atoms with Gasteiger partial charge in [0.2, 0.25) is 0 Å².